The highest BCUT2D eigenvalue weighted by Gasteiger charge is 2.17. The van der Waals surface area contributed by atoms with Gasteiger partial charge in [0.1, 0.15) is 0 Å². The second kappa shape index (κ2) is 5.58. The minimum Gasteiger partial charge on any atom is -0.328 e. The van der Waals surface area contributed by atoms with Crippen molar-refractivity contribution in [1.29, 1.82) is 0 Å². The second-order valence-electron chi connectivity index (χ2n) is 5.46. The predicted molar refractivity (Wildman–Crippen MR) is 81.1 cm³/mol. The van der Waals surface area contributed by atoms with Gasteiger partial charge in [0.15, 0.2) is 0 Å². The number of nitrogens with zero attached hydrogens (tertiary/aromatic N) is 4. The third kappa shape index (κ3) is 2.74. The largest absolute Gasteiger partial charge is 0.328 e. The van der Waals surface area contributed by atoms with Crippen LogP contribution in [-0.4, -0.2) is 25.6 Å². The van der Waals surface area contributed by atoms with Crippen molar-refractivity contribution in [3.05, 3.63) is 33.4 Å². The van der Waals surface area contributed by atoms with Gasteiger partial charge in [-0.05, 0) is 39.7 Å². The SMILES string of the molecule is Cc1nn(C)c(Cn2nc(C)c(CC(C)N)c2C)c1Cl. The Hall–Kier alpha value is -1.33. The number of halogens is 1. The van der Waals surface area contributed by atoms with Crippen LogP contribution in [0.4, 0.5) is 0 Å². The highest BCUT2D eigenvalue weighted by Crippen LogP contribution is 2.22. The van der Waals surface area contributed by atoms with Crippen LogP contribution in [0.15, 0.2) is 0 Å². The molecule has 0 aliphatic heterocycles. The van der Waals surface area contributed by atoms with E-state index in [-0.39, 0.29) is 6.04 Å². The number of aryl methyl sites for hydroxylation is 3. The number of nitrogens with two attached hydrogens (primary N) is 1. The van der Waals surface area contributed by atoms with Crippen LogP contribution in [0.3, 0.4) is 0 Å². The molecular weight excluding hydrogens is 274 g/mol. The van der Waals surface area contributed by atoms with E-state index in [4.69, 9.17) is 17.3 Å². The molecule has 0 spiro atoms. The van der Waals surface area contributed by atoms with Gasteiger partial charge < -0.3 is 5.73 Å². The van der Waals surface area contributed by atoms with Gasteiger partial charge in [-0.15, -0.1) is 0 Å². The molecule has 2 aromatic heterocycles. The fraction of sp³-hybridized carbons (Fsp3) is 0.571. The van der Waals surface area contributed by atoms with Crippen LogP contribution in [0.1, 0.15) is 35.3 Å². The normalized spacial score (nSPS) is 12.9. The van der Waals surface area contributed by atoms with Gasteiger partial charge in [-0.2, -0.15) is 10.2 Å². The molecule has 0 aliphatic rings. The third-order valence-corrected chi connectivity index (χ3v) is 4.11. The highest BCUT2D eigenvalue weighted by molar-refractivity contribution is 6.31. The van der Waals surface area contributed by atoms with Crippen molar-refractivity contribution in [3.63, 3.8) is 0 Å². The minimum absolute atomic E-state index is 0.132. The second-order valence-corrected chi connectivity index (χ2v) is 5.84. The maximum Gasteiger partial charge on any atom is 0.0866 e. The molecule has 2 N–H and O–H groups in total. The first-order valence-corrected chi connectivity index (χ1v) is 7.15. The molecule has 110 valence electrons. The molecule has 5 nitrogen and oxygen atoms in total. The van der Waals surface area contributed by atoms with Crippen molar-refractivity contribution >= 4 is 11.6 Å². The molecule has 1 unspecified atom stereocenters. The summed E-state index contributed by atoms with van der Waals surface area (Å²) in [4.78, 5) is 0. The van der Waals surface area contributed by atoms with Crippen LogP contribution in [-0.2, 0) is 20.0 Å². The summed E-state index contributed by atoms with van der Waals surface area (Å²) in [6, 6.07) is 0.132. The van der Waals surface area contributed by atoms with Crippen molar-refractivity contribution in [2.75, 3.05) is 0 Å². The molecule has 20 heavy (non-hydrogen) atoms. The minimum atomic E-state index is 0.132. The summed E-state index contributed by atoms with van der Waals surface area (Å²) >= 11 is 6.30. The Bertz CT molecular complexity index is 624. The topological polar surface area (TPSA) is 61.7 Å². The Kier molecular flexibility index (Phi) is 4.20. The fourth-order valence-corrected chi connectivity index (χ4v) is 2.72. The first kappa shape index (κ1) is 15.1. The molecule has 1 atom stereocenters. The Labute approximate surface area is 124 Å². The highest BCUT2D eigenvalue weighted by atomic mass is 35.5. The maximum atomic E-state index is 6.30. The summed E-state index contributed by atoms with van der Waals surface area (Å²) in [5.74, 6) is 0. The van der Waals surface area contributed by atoms with Crippen LogP contribution >= 0.6 is 11.6 Å². The van der Waals surface area contributed by atoms with E-state index in [1.807, 2.05) is 37.2 Å². The van der Waals surface area contributed by atoms with Crippen molar-refractivity contribution in [2.45, 2.75) is 46.7 Å². The lowest BCUT2D eigenvalue weighted by Gasteiger charge is -2.08. The molecule has 2 rings (SSSR count). The summed E-state index contributed by atoms with van der Waals surface area (Å²) in [5.41, 5.74) is 11.1. The standard InChI is InChI=1S/C14H22ClN5/c1-8(16)6-12-9(2)18-20(11(12)4)7-13-14(15)10(3)17-19(13)5/h8H,6-7,16H2,1-5H3. The molecule has 0 amide bonds. The molecular formula is C14H22ClN5. The Morgan fingerprint density at radius 3 is 2.35 bits per heavy atom. The Morgan fingerprint density at radius 2 is 1.85 bits per heavy atom. The van der Waals surface area contributed by atoms with Gasteiger partial charge in [0.05, 0.1) is 28.6 Å². The smallest absolute Gasteiger partial charge is 0.0866 e. The van der Waals surface area contributed by atoms with E-state index in [1.165, 1.54) is 5.56 Å². The zero-order chi connectivity index (χ0) is 15.0. The van der Waals surface area contributed by atoms with E-state index < -0.39 is 0 Å². The van der Waals surface area contributed by atoms with Gasteiger partial charge in [-0.3, -0.25) is 9.36 Å². The van der Waals surface area contributed by atoms with E-state index in [9.17, 15) is 0 Å². The van der Waals surface area contributed by atoms with Crippen LogP contribution in [0, 0.1) is 20.8 Å². The predicted octanol–water partition coefficient (Wildman–Crippen LogP) is 2.13. The maximum absolute atomic E-state index is 6.30. The van der Waals surface area contributed by atoms with E-state index >= 15 is 0 Å². The average Bonchev–Trinajstić information content (AvgIpc) is 2.74. The van der Waals surface area contributed by atoms with Crippen LogP contribution in [0.2, 0.25) is 5.02 Å². The van der Waals surface area contributed by atoms with Crippen molar-refractivity contribution in [2.24, 2.45) is 12.8 Å². The Morgan fingerprint density at radius 1 is 1.20 bits per heavy atom. The Balaban J connectivity index is 2.35. The summed E-state index contributed by atoms with van der Waals surface area (Å²) in [7, 11) is 1.91. The summed E-state index contributed by atoms with van der Waals surface area (Å²) < 4.78 is 3.80. The third-order valence-electron chi connectivity index (χ3n) is 3.62. The quantitative estimate of drug-likeness (QED) is 0.940. The van der Waals surface area contributed by atoms with Crippen LogP contribution in [0.25, 0.3) is 0 Å². The first-order valence-electron chi connectivity index (χ1n) is 6.77. The number of aromatic nitrogens is 4. The zero-order valence-electron chi connectivity index (χ0n) is 12.7. The van der Waals surface area contributed by atoms with Gasteiger partial charge in [-0.25, -0.2) is 0 Å². The molecule has 0 fully saturated rings. The average molecular weight is 296 g/mol. The van der Waals surface area contributed by atoms with Gasteiger partial charge in [0, 0.05) is 18.8 Å². The molecule has 0 aromatic carbocycles. The summed E-state index contributed by atoms with van der Waals surface area (Å²) in [5, 5.41) is 9.67. The van der Waals surface area contributed by atoms with E-state index in [1.54, 1.807) is 0 Å². The first-order chi connectivity index (χ1) is 9.31. The van der Waals surface area contributed by atoms with Crippen molar-refractivity contribution in [3.8, 4) is 0 Å². The molecule has 0 bridgehead atoms. The fourth-order valence-electron chi connectivity index (χ4n) is 2.50. The number of hydrogen-bond acceptors (Lipinski definition) is 3. The van der Waals surface area contributed by atoms with Crippen LogP contribution in [0.5, 0.6) is 0 Å². The van der Waals surface area contributed by atoms with Gasteiger partial charge >= 0.3 is 0 Å². The molecule has 0 radical (unpaired) electrons. The van der Waals surface area contributed by atoms with Gasteiger partial charge in [0.2, 0.25) is 0 Å². The molecule has 2 heterocycles. The number of rotatable bonds is 4. The van der Waals surface area contributed by atoms with Gasteiger partial charge in [-0.1, -0.05) is 11.6 Å². The van der Waals surface area contributed by atoms with Crippen LogP contribution < -0.4 is 5.73 Å². The lowest BCUT2D eigenvalue weighted by atomic mass is 10.1. The van der Waals surface area contributed by atoms with E-state index in [2.05, 4.69) is 17.1 Å². The molecule has 0 saturated heterocycles. The monoisotopic (exact) mass is 295 g/mol. The lowest BCUT2D eigenvalue weighted by Crippen LogP contribution is -2.18. The van der Waals surface area contributed by atoms with Crippen molar-refractivity contribution < 1.29 is 0 Å². The molecule has 0 saturated carbocycles. The molecule has 6 heteroatoms. The zero-order valence-corrected chi connectivity index (χ0v) is 13.5. The van der Waals surface area contributed by atoms with Crippen molar-refractivity contribution in [1.82, 2.24) is 19.6 Å². The number of hydrogen-bond donors (Lipinski definition) is 1. The lowest BCUT2D eigenvalue weighted by molar-refractivity contribution is 0.602. The summed E-state index contributed by atoms with van der Waals surface area (Å²) in [6.07, 6.45) is 0.843. The summed E-state index contributed by atoms with van der Waals surface area (Å²) in [6.45, 7) is 8.65. The van der Waals surface area contributed by atoms with Gasteiger partial charge in [0.25, 0.3) is 0 Å². The molecule has 2 aromatic rings. The van der Waals surface area contributed by atoms with E-state index in [0.717, 1.165) is 29.2 Å². The molecule has 0 aliphatic carbocycles. The van der Waals surface area contributed by atoms with E-state index in [0.29, 0.717) is 11.6 Å².